The van der Waals surface area contributed by atoms with Crippen molar-refractivity contribution in [2.24, 2.45) is 0 Å². The number of esters is 1. The van der Waals surface area contributed by atoms with Gasteiger partial charge in [-0.05, 0) is 94.1 Å². The van der Waals surface area contributed by atoms with Gasteiger partial charge in [0.05, 0.1) is 16.1 Å². The fourth-order valence-electron chi connectivity index (χ4n) is 3.06. The number of carbonyl (C=O) groups is 1. The predicted molar refractivity (Wildman–Crippen MR) is 112 cm³/mol. The molecule has 0 aliphatic heterocycles. The van der Waals surface area contributed by atoms with Crippen LogP contribution in [0.4, 0.5) is 0 Å². The molecule has 0 bridgehead atoms. The highest BCUT2D eigenvalue weighted by molar-refractivity contribution is 7.85. The van der Waals surface area contributed by atoms with Gasteiger partial charge in [-0.3, -0.25) is 0 Å². The van der Waals surface area contributed by atoms with E-state index in [9.17, 15) is 28.0 Å². The molecular weight excluding hydrogens is 424 g/mol. The van der Waals surface area contributed by atoms with Gasteiger partial charge in [0.25, 0.3) is 0 Å². The standard InChI is InChI=1S/C22H28O8S/c1-13-7-18(8-14(2)20(13)31(26,27)28)30-19(23)12-29-17-10-15(21(3,4)24)9-16(11-17)22(5,6)25/h7-11,24-25H,12H2,1-6H3,(H,26,27,28)/p-1. The average molecular weight is 452 g/mol. The van der Waals surface area contributed by atoms with Crippen molar-refractivity contribution in [3.63, 3.8) is 0 Å². The Kier molecular flexibility index (Phi) is 6.87. The van der Waals surface area contributed by atoms with Crippen LogP contribution in [0, 0.1) is 13.8 Å². The molecule has 0 fully saturated rings. The summed E-state index contributed by atoms with van der Waals surface area (Å²) in [5.41, 5.74) is -1.05. The average Bonchev–Trinajstić information content (AvgIpc) is 2.56. The Hall–Kier alpha value is -2.46. The first-order valence-corrected chi connectivity index (χ1v) is 10.9. The molecule has 0 aromatic heterocycles. The highest BCUT2D eigenvalue weighted by atomic mass is 32.2. The topological polar surface area (TPSA) is 133 Å². The Morgan fingerprint density at radius 3 is 1.74 bits per heavy atom. The SMILES string of the molecule is Cc1cc(OC(=O)COc2cc(C(C)(C)O)cc(C(C)(C)O)c2)cc(C)c1S(=O)(=O)[O-]. The van der Waals surface area contributed by atoms with Crippen molar-refractivity contribution in [1.82, 2.24) is 0 Å². The van der Waals surface area contributed by atoms with Gasteiger partial charge >= 0.3 is 5.97 Å². The lowest BCUT2D eigenvalue weighted by Crippen LogP contribution is -2.22. The lowest BCUT2D eigenvalue weighted by Gasteiger charge is -2.24. The predicted octanol–water partition coefficient (Wildman–Crippen LogP) is 2.65. The van der Waals surface area contributed by atoms with Crippen LogP contribution in [0.1, 0.15) is 49.9 Å². The molecule has 0 unspecified atom stereocenters. The molecule has 0 saturated carbocycles. The van der Waals surface area contributed by atoms with Gasteiger partial charge < -0.3 is 24.2 Å². The molecule has 170 valence electrons. The fourth-order valence-corrected chi connectivity index (χ4v) is 3.96. The zero-order valence-electron chi connectivity index (χ0n) is 18.3. The van der Waals surface area contributed by atoms with Crippen LogP contribution in [0.2, 0.25) is 0 Å². The molecule has 0 saturated heterocycles. The minimum atomic E-state index is -4.64. The molecule has 0 atom stereocenters. The van der Waals surface area contributed by atoms with Crippen LogP contribution in [0.3, 0.4) is 0 Å². The second-order valence-corrected chi connectivity index (χ2v) is 9.78. The Labute approximate surface area is 182 Å². The maximum atomic E-state index is 12.2. The third-order valence-corrected chi connectivity index (χ3v) is 5.74. The molecule has 2 N–H and O–H groups in total. The molecule has 2 aromatic carbocycles. The van der Waals surface area contributed by atoms with E-state index in [0.29, 0.717) is 11.1 Å². The minimum Gasteiger partial charge on any atom is -0.744 e. The van der Waals surface area contributed by atoms with Gasteiger partial charge in [-0.25, -0.2) is 13.2 Å². The van der Waals surface area contributed by atoms with Gasteiger partial charge in [-0.2, -0.15) is 0 Å². The summed E-state index contributed by atoms with van der Waals surface area (Å²) in [6.07, 6.45) is 0. The van der Waals surface area contributed by atoms with Crippen LogP contribution in [0.25, 0.3) is 0 Å². The molecule has 0 heterocycles. The summed E-state index contributed by atoms with van der Waals surface area (Å²) in [6.45, 7) is 8.75. The Bertz CT molecular complexity index is 1030. The number of aliphatic hydroxyl groups is 2. The summed E-state index contributed by atoms with van der Waals surface area (Å²) in [6, 6.07) is 7.35. The molecule has 0 aliphatic carbocycles. The summed E-state index contributed by atoms with van der Waals surface area (Å²) >= 11 is 0. The molecule has 9 heteroatoms. The third-order valence-electron chi connectivity index (χ3n) is 4.59. The first kappa shape index (κ1) is 24.8. The van der Waals surface area contributed by atoms with E-state index < -0.39 is 33.9 Å². The van der Waals surface area contributed by atoms with Crippen molar-refractivity contribution in [1.29, 1.82) is 0 Å². The van der Waals surface area contributed by atoms with E-state index in [1.165, 1.54) is 26.0 Å². The summed E-state index contributed by atoms with van der Waals surface area (Å²) < 4.78 is 44.7. The maximum absolute atomic E-state index is 12.2. The van der Waals surface area contributed by atoms with Gasteiger partial charge in [0.2, 0.25) is 0 Å². The van der Waals surface area contributed by atoms with Gasteiger partial charge in [-0.15, -0.1) is 0 Å². The minimum absolute atomic E-state index is 0.0819. The Morgan fingerprint density at radius 1 is 0.903 bits per heavy atom. The summed E-state index contributed by atoms with van der Waals surface area (Å²) in [4.78, 5) is 11.9. The molecule has 31 heavy (non-hydrogen) atoms. The Balaban J connectivity index is 2.20. The van der Waals surface area contributed by atoms with Crippen LogP contribution in [0.15, 0.2) is 35.2 Å². The van der Waals surface area contributed by atoms with Gasteiger partial charge in [0.1, 0.15) is 21.6 Å². The Morgan fingerprint density at radius 2 is 1.35 bits per heavy atom. The number of aryl methyl sites for hydroxylation is 2. The van der Waals surface area contributed by atoms with Gasteiger partial charge in [0, 0.05) is 0 Å². The molecule has 0 spiro atoms. The monoisotopic (exact) mass is 451 g/mol. The molecule has 0 amide bonds. The number of benzene rings is 2. The summed E-state index contributed by atoms with van der Waals surface area (Å²) in [7, 11) is -4.64. The van der Waals surface area contributed by atoms with Crippen molar-refractivity contribution >= 4 is 16.1 Å². The number of rotatable bonds is 7. The number of hydrogen-bond donors (Lipinski definition) is 2. The molecule has 2 rings (SSSR count). The highest BCUT2D eigenvalue weighted by Gasteiger charge is 2.23. The van der Waals surface area contributed by atoms with E-state index in [-0.39, 0.29) is 27.5 Å². The number of ether oxygens (including phenoxy) is 2. The molecule has 2 aromatic rings. The zero-order valence-corrected chi connectivity index (χ0v) is 19.2. The second kappa shape index (κ2) is 8.58. The van der Waals surface area contributed by atoms with Crippen LogP contribution < -0.4 is 9.47 Å². The largest absolute Gasteiger partial charge is 0.744 e. The summed E-state index contributed by atoms with van der Waals surface area (Å²) in [5, 5.41) is 20.6. The van der Waals surface area contributed by atoms with Crippen molar-refractivity contribution in [2.45, 2.75) is 57.6 Å². The van der Waals surface area contributed by atoms with E-state index in [0.717, 1.165) is 0 Å². The fraction of sp³-hybridized carbons (Fsp3) is 0.409. The smallest absolute Gasteiger partial charge is 0.349 e. The van der Waals surface area contributed by atoms with E-state index in [1.54, 1.807) is 45.9 Å². The lowest BCUT2D eigenvalue weighted by molar-refractivity contribution is -0.136. The number of hydrogen-bond acceptors (Lipinski definition) is 8. The normalized spacial score (nSPS) is 12.5. The number of carbonyl (C=O) groups excluding carboxylic acids is 1. The van der Waals surface area contributed by atoms with Crippen molar-refractivity contribution in [3.05, 3.63) is 52.6 Å². The van der Waals surface area contributed by atoms with E-state index in [1.807, 2.05) is 0 Å². The van der Waals surface area contributed by atoms with Crippen LogP contribution in [-0.4, -0.2) is 35.8 Å². The quantitative estimate of drug-likeness (QED) is 0.373. The van der Waals surface area contributed by atoms with E-state index in [2.05, 4.69) is 0 Å². The zero-order chi connectivity index (χ0) is 23.8. The first-order valence-electron chi connectivity index (χ1n) is 9.50. The molecule has 0 radical (unpaired) electrons. The van der Waals surface area contributed by atoms with Crippen molar-refractivity contribution in [3.8, 4) is 11.5 Å². The lowest BCUT2D eigenvalue weighted by atomic mass is 9.90. The van der Waals surface area contributed by atoms with E-state index in [4.69, 9.17) is 9.47 Å². The van der Waals surface area contributed by atoms with Gasteiger partial charge in [0.15, 0.2) is 6.61 Å². The van der Waals surface area contributed by atoms with E-state index >= 15 is 0 Å². The summed E-state index contributed by atoms with van der Waals surface area (Å²) in [5.74, 6) is -0.415. The maximum Gasteiger partial charge on any atom is 0.349 e. The van der Waals surface area contributed by atoms with Gasteiger partial charge in [-0.1, -0.05) is 0 Å². The molecule has 8 nitrogen and oxygen atoms in total. The van der Waals surface area contributed by atoms with Crippen molar-refractivity contribution < 1.29 is 37.5 Å². The molecule has 0 aliphatic rings. The van der Waals surface area contributed by atoms with Crippen molar-refractivity contribution in [2.75, 3.05) is 6.61 Å². The molecular formula is C22H27O8S-. The first-order chi connectivity index (χ1) is 14.0. The van der Waals surface area contributed by atoms with Crippen LogP contribution >= 0.6 is 0 Å². The third kappa shape index (κ3) is 6.51. The highest BCUT2D eigenvalue weighted by Crippen LogP contribution is 2.31. The van der Waals surface area contributed by atoms with Crippen LogP contribution in [0.5, 0.6) is 11.5 Å². The second-order valence-electron chi connectivity index (χ2n) is 8.47. The van der Waals surface area contributed by atoms with Crippen LogP contribution in [-0.2, 0) is 26.1 Å².